The van der Waals surface area contributed by atoms with Crippen LogP contribution in [0.1, 0.15) is 28.9 Å². The van der Waals surface area contributed by atoms with E-state index < -0.39 is 0 Å². The molecule has 0 saturated carbocycles. The van der Waals surface area contributed by atoms with Crippen LogP contribution < -0.4 is 9.64 Å². The number of oxime groups is 1. The van der Waals surface area contributed by atoms with Crippen LogP contribution in [0.4, 0.5) is 5.69 Å². The van der Waals surface area contributed by atoms with Gasteiger partial charge in [0.05, 0.1) is 11.3 Å². The Morgan fingerprint density at radius 1 is 1.14 bits per heavy atom. The number of amidine groups is 1. The molecule has 1 N–H and O–H groups in total. The van der Waals surface area contributed by atoms with Crippen LogP contribution in [-0.2, 0) is 13.0 Å². The number of nitrogens with zero attached hydrogens (tertiary/aromatic N) is 4. The molecule has 0 unspecified atom stereocenters. The number of fused-ring (bicyclic) bond motifs is 1. The lowest BCUT2D eigenvalue weighted by atomic mass is 10.0. The zero-order chi connectivity index (χ0) is 19.3. The number of anilines is 1. The Bertz CT molecular complexity index is 989. The van der Waals surface area contributed by atoms with E-state index >= 15 is 0 Å². The van der Waals surface area contributed by atoms with E-state index in [1.54, 1.807) is 6.20 Å². The molecule has 6 nitrogen and oxygen atoms in total. The maximum Gasteiger partial charge on any atom is 0.225 e. The fourth-order valence-corrected chi connectivity index (χ4v) is 3.45. The summed E-state index contributed by atoms with van der Waals surface area (Å²) in [6.07, 6.45) is 3.73. The summed E-state index contributed by atoms with van der Waals surface area (Å²) in [5, 5.41) is 13.5. The van der Waals surface area contributed by atoms with E-state index in [2.05, 4.69) is 27.3 Å². The number of hydrogen-bond donors (Lipinski definition) is 1. The summed E-state index contributed by atoms with van der Waals surface area (Å²) in [7, 11) is 0. The van der Waals surface area contributed by atoms with Crippen LogP contribution in [-0.4, -0.2) is 27.6 Å². The largest absolute Gasteiger partial charge is 0.471 e. The standard InChI is InChI=1S/C22H22N4O2/c1-16-11-12-19(22(24-16)28-15-18-9-4-5-13-23-18)21(25-27)26-14-6-8-17-7-2-3-10-20(17)26/h2-5,7,9-13,27H,6,8,14-15H2,1H3/b25-21-. The summed E-state index contributed by atoms with van der Waals surface area (Å²) in [5.41, 5.74) is 4.59. The zero-order valence-electron chi connectivity index (χ0n) is 15.7. The Kier molecular flexibility index (Phi) is 5.19. The maximum atomic E-state index is 9.89. The molecule has 3 aromatic rings. The van der Waals surface area contributed by atoms with Crippen LogP contribution in [0.25, 0.3) is 0 Å². The van der Waals surface area contributed by atoms with Crippen molar-refractivity contribution in [2.75, 3.05) is 11.4 Å². The van der Waals surface area contributed by atoms with Gasteiger partial charge in [-0.1, -0.05) is 29.4 Å². The monoisotopic (exact) mass is 374 g/mol. The third kappa shape index (κ3) is 3.67. The summed E-state index contributed by atoms with van der Waals surface area (Å²) in [5.74, 6) is 0.872. The smallest absolute Gasteiger partial charge is 0.225 e. The van der Waals surface area contributed by atoms with Gasteiger partial charge in [-0.3, -0.25) is 4.98 Å². The summed E-state index contributed by atoms with van der Waals surface area (Å²) < 4.78 is 5.97. The van der Waals surface area contributed by atoms with Crippen LogP contribution in [0, 0.1) is 6.92 Å². The molecule has 0 bridgehead atoms. The molecule has 1 aliphatic heterocycles. The fraction of sp³-hybridized carbons (Fsp3) is 0.227. The van der Waals surface area contributed by atoms with Gasteiger partial charge in [0.2, 0.25) is 5.88 Å². The van der Waals surface area contributed by atoms with Crippen LogP contribution in [0.15, 0.2) is 65.9 Å². The van der Waals surface area contributed by atoms with Crippen molar-refractivity contribution >= 4 is 11.5 Å². The van der Waals surface area contributed by atoms with Crippen molar-refractivity contribution in [2.24, 2.45) is 5.16 Å². The quantitative estimate of drug-likeness (QED) is 0.324. The average molecular weight is 374 g/mol. The first kappa shape index (κ1) is 18.0. The Balaban J connectivity index is 1.68. The van der Waals surface area contributed by atoms with Gasteiger partial charge in [0.15, 0.2) is 5.84 Å². The van der Waals surface area contributed by atoms with E-state index in [0.29, 0.717) is 23.9 Å². The molecule has 1 aliphatic rings. The van der Waals surface area contributed by atoms with Crippen molar-refractivity contribution < 1.29 is 9.94 Å². The minimum atomic E-state index is 0.291. The minimum Gasteiger partial charge on any atom is -0.471 e. The highest BCUT2D eigenvalue weighted by Gasteiger charge is 2.25. The molecule has 0 saturated heterocycles. The van der Waals surface area contributed by atoms with Crippen LogP contribution in [0.2, 0.25) is 0 Å². The second-order valence-corrected chi connectivity index (χ2v) is 6.72. The van der Waals surface area contributed by atoms with Gasteiger partial charge < -0.3 is 14.8 Å². The third-order valence-electron chi connectivity index (χ3n) is 4.78. The molecule has 4 rings (SSSR count). The van der Waals surface area contributed by atoms with Gasteiger partial charge in [-0.25, -0.2) is 4.98 Å². The van der Waals surface area contributed by atoms with Crippen LogP contribution >= 0.6 is 0 Å². The second kappa shape index (κ2) is 8.08. The van der Waals surface area contributed by atoms with Crippen molar-refractivity contribution in [3.05, 3.63) is 83.3 Å². The molecule has 0 atom stereocenters. The Morgan fingerprint density at radius 2 is 2.00 bits per heavy atom. The lowest BCUT2D eigenvalue weighted by Crippen LogP contribution is -2.36. The highest BCUT2D eigenvalue weighted by molar-refractivity contribution is 6.11. The number of para-hydroxylation sites is 1. The van der Waals surface area contributed by atoms with Gasteiger partial charge in [-0.15, -0.1) is 0 Å². The highest BCUT2D eigenvalue weighted by atomic mass is 16.5. The van der Waals surface area contributed by atoms with E-state index in [-0.39, 0.29) is 0 Å². The third-order valence-corrected chi connectivity index (χ3v) is 4.78. The molecule has 0 spiro atoms. The van der Waals surface area contributed by atoms with Gasteiger partial charge in [0, 0.05) is 24.1 Å². The molecule has 0 radical (unpaired) electrons. The van der Waals surface area contributed by atoms with E-state index in [0.717, 1.165) is 36.5 Å². The maximum absolute atomic E-state index is 9.89. The molecule has 28 heavy (non-hydrogen) atoms. The van der Waals surface area contributed by atoms with E-state index in [9.17, 15) is 5.21 Å². The van der Waals surface area contributed by atoms with Gasteiger partial charge in [0.1, 0.15) is 6.61 Å². The number of aromatic nitrogens is 2. The van der Waals surface area contributed by atoms with Crippen molar-refractivity contribution in [2.45, 2.75) is 26.4 Å². The Hall–Kier alpha value is -3.41. The van der Waals surface area contributed by atoms with E-state index in [4.69, 9.17) is 4.74 Å². The zero-order valence-corrected chi connectivity index (χ0v) is 15.7. The van der Waals surface area contributed by atoms with Gasteiger partial charge in [-0.2, -0.15) is 0 Å². The lowest BCUT2D eigenvalue weighted by molar-refractivity contribution is 0.287. The van der Waals surface area contributed by atoms with Crippen molar-refractivity contribution in [3.63, 3.8) is 0 Å². The van der Waals surface area contributed by atoms with Gasteiger partial charge >= 0.3 is 0 Å². The molecular weight excluding hydrogens is 352 g/mol. The number of pyridine rings is 2. The predicted molar refractivity (Wildman–Crippen MR) is 108 cm³/mol. The number of benzene rings is 1. The normalized spacial score (nSPS) is 13.9. The minimum absolute atomic E-state index is 0.291. The number of ether oxygens (including phenoxy) is 1. The topological polar surface area (TPSA) is 70.8 Å². The van der Waals surface area contributed by atoms with Crippen LogP contribution in [0.3, 0.4) is 0 Å². The number of aryl methyl sites for hydroxylation is 2. The first-order chi connectivity index (χ1) is 13.8. The first-order valence-electron chi connectivity index (χ1n) is 9.34. The molecular formula is C22H22N4O2. The Morgan fingerprint density at radius 3 is 2.82 bits per heavy atom. The highest BCUT2D eigenvalue weighted by Crippen LogP contribution is 2.30. The van der Waals surface area contributed by atoms with Crippen LogP contribution in [0.5, 0.6) is 5.88 Å². The lowest BCUT2D eigenvalue weighted by Gasteiger charge is -2.31. The molecule has 1 aromatic carbocycles. The van der Waals surface area contributed by atoms with Gasteiger partial charge in [0.25, 0.3) is 0 Å². The molecule has 0 amide bonds. The molecule has 142 valence electrons. The summed E-state index contributed by atoms with van der Waals surface area (Å²) in [6.45, 7) is 2.97. The summed E-state index contributed by atoms with van der Waals surface area (Å²) >= 11 is 0. The second-order valence-electron chi connectivity index (χ2n) is 6.72. The molecule has 6 heteroatoms. The van der Waals surface area contributed by atoms with Crippen molar-refractivity contribution in [3.8, 4) is 5.88 Å². The van der Waals surface area contributed by atoms with E-state index in [1.165, 1.54) is 5.56 Å². The van der Waals surface area contributed by atoms with E-state index in [1.807, 2.05) is 54.3 Å². The average Bonchev–Trinajstić information content (AvgIpc) is 2.75. The molecule has 0 fully saturated rings. The number of rotatable bonds is 4. The predicted octanol–water partition coefficient (Wildman–Crippen LogP) is 3.95. The van der Waals surface area contributed by atoms with Crippen molar-refractivity contribution in [1.29, 1.82) is 0 Å². The first-order valence-corrected chi connectivity index (χ1v) is 9.34. The summed E-state index contributed by atoms with van der Waals surface area (Å²) in [4.78, 5) is 10.9. The SMILES string of the molecule is Cc1ccc(/C(=N/O)N2CCCc3ccccc32)c(OCc2ccccn2)n1. The van der Waals surface area contributed by atoms with Crippen molar-refractivity contribution in [1.82, 2.24) is 9.97 Å². The fourth-order valence-electron chi connectivity index (χ4n) is 3.45. The summed E-state index contributed by atoms with van der Waals surface area (Å²) in [6, 6.07) is 17.7. The van der Waals surface area contributed by atoms with Gasteiger partial charge in [-0.05, 0) is 55.7 Å². The number of hydrogen-bond acceptors (Lipinski definition) is 5. The molecule has 0 aliphatic carbocycles. The molecule has 3 heterocycles. The molecule has 2 aromatic heterocycles. The Labute approximate surface area is 164 Å².